The molecule has 0 atom stereocenters. The Morgan fingerprint density at radius 1 is 1.27 bits per heavy atom. The molecule has 118 valence electrons. The van der Waals surface area contributed by atoms with E-state index in [0.29, 0.717) is 29.9 Å². The van der Waals surface area contributed by atoms with Gasteiger partial charge in [-0.3, -0.25) is 5.32 Å². The number of anilines is 1. The normalized spacial score (nSPS) is 14.0. The first-order valence-corrected chi connectivity index (χ1v) is 7.40. The molecule has 0 saturated heterocycles. The van der Waals surface area contributed by atoms with E-state index in [4.69, 9.17) is 4.74 Å². The number of hydrogen-bond acceptors (Lipinski definition) is 5. The number of ether oxygens (including phenoxy) is 1. The van der Waals surface area contributed by atoms with Gasteiger partial charge in [0.05, 0.1) is 19.2 Å². The van der Waals surface area contributed by atoms with Crippen molar-refractivity contribution in [2.24, 2.45) is 0 Å². The van der Waals surface area contributed by atoms with Crippen molar-refractivity contribution in [3.05, 3.63) is 34.3 Å². The minimum Gasteiger partial charge on any atom is -0.710 e. The smallest absolute Gasteiger partial charge is 0.344 e. The largest absolute Gasteiger partial charge is 0.710 e. The van der Waals surface area contributed by atoms with Gasteiger partial charge in [-0.25, -0.2) is 4.73 Å². The summed E-state index contributed by atoms with van der Waals surface area (Å²) in [5.41, 5.74) is 1.68. The molecule has 1 aromatic carbocycles. The molecule has 1 aliphatic rings. The summed E-state index contributed by atoms with van der Waals surface area (Å²) >= 11 is 0. The maximum atomic E-state index is 12.5. The van der Waals surface area contributed by atoms with Crippen molar-refractivity contribution in [1.82, 2.24) is 4.90 Å². The lowest BCUT2D eigenvalue weighted by Gasteiger charge is -2.18. The number of rotatable bonds is 4. The van der Waals surface area contributed by atoms with Crippen molar-refractivity contribution < 1.29 is 14.2 Å². The highest BCUT2D eigenvalue weighted by molar-refractivity contribution is 5.72. The summed E-state index contributed by atoms with van der Waals surface area (Å²) in [4.78, 5) is 2.00. The SMILES string of the molecule is CN(C)CCNc1c[n+]([O-])c2cc3c(cc2[n+]1[O-])CCCO3. The molecule has 1 aromatic heterocycles. The average molecular weight is 304 g/mol. The second kappa shape index (κ2) is 5.84. The van der Waals surface area contributed by atoms with Gasteiger partial charge in [0, 0.05) is 6.54 Å². The van der Waals surface area contributed by atoms with E-state index in [1.165, 1.54) is 6.20 Å². The lowest BCUT2D eigenvalue weighted by Crippen LogP contribution is -2.41. The molecular weight excluding hydrogens is 284 g/mol. The van der Waals surface area contributed by atoms with Crippen LogP contribution in [-0.2, 0) is 6.42 Å². The van der Waals surface area contributed by atoms with Gasteiger partial charge < -0.3 is 20.1 Å². The van der Waals surface area contributed by atoms with Crippen LogP contribution in [0.3, 0.4) is 0 Å². The van der Waals surface area contributed by atoms with Crippen LogP contribution >= 0.6 is 0 Å². The van der Waals surface area contributed by atoms with Crippen molar-refractivity contribution in [3.63, 3.8) is 0 Å². The quantitative estimate of drug-likeness (QED) is 0.653. The Hall–Kier alpha value is -2.28. The van der Waals surface area contributed by atoms with Gasteiger partial charge in [0.15, 0.2) is 0 Å². The number of benzene rings is 1. The summed E-state index contributed by atoms with van der Waals surface area (Å²) in [5.74, 6) is 0.970. The molecule has 0 spiro atoms. The molecule has 22 heavy (non-hydrogen) atoms. The van der Waals surface area contributed by atoms with Gasteiger partial charge in [-0.2, -0.15) is 4.73 Å². The monoisotopic (exact) mass is 304 g/mol. The van der Waals surface area contributed by atoms with Crippen molar-refractivity contribution in [2.45, 2.75) is 12.8 Å². The number of fused-ring (bicyclic) bond motifs is 2. The van der Waals surface area contributed by atoms with E-state index in [9.17, 15) is 10.4 Å². The van der Waals surface area contributed by atoms with Crippen LogP contribution in [0, 0.1) is 10.4 Å². The predicted molar refractivity (Wildman–Crippen MR) is 82.7 cm³/mol. The van der Waals surface area contributed by atoms with E-state index in [1.54, 1.807) is 12.1 Å². The van der Waals surface area contributed by atoms with Gasteiger partial charge >= 0.3 is 5.82 Å². The number of nitrogens with one attached hydrogen (secondary N) is 1. The van der Waals surface area contributed by atoms with Crippen molar-refractivity contribution >= 4 is 16.9 Å². The Bertz CT molecular complexity index is 703. The summed E-state index contributed by atoms with van der Waals surface area (Å²) in [5, 5.41) is 27.7. The third kappa shape index (κ3) is 2.71. The zero-order valence-corrected chi connectivity index (χ0v) is 12.8. The second-order valence-corrected chi connectivity index (χ2v) is 5.77. The first-order valence-electron chi connectivity index (χ1n) is 7.40. The highest BCUT2D eigenvalue weighted by Gasteiger charge is 2.21. The van der Waals surface area contributed by atoms with Crippen molar-refractivity contribution in [1.29, 1.82) is 0 Å². The Labute approximate surface area is 128 Å². The van der Waals surface area contributed by atoms with E-state index in [-0.39, 0.29) is 5.82 Å². The van der Waals surface area contributed by atoms with Gasteiger partial charge in [0.1, 0.15) is 5.75 Å². The molecule has 1 N–H and O–H groups in total. The standard InChI is InChI=1S/C15H20N4O3/c1-17(2)6-5-16-15-10-18(20)12-9-14-11(4-3-7-22-14)8-13(12)19(15)21/h8-10,16H,3-7H2,1-2H3. The number of hydrogen-bond donors (Lipinski definition) is 1. The van der Waals surface area contributed by atoms with Gasteiger partial charge in [-0.15, -0.1) is 0 Å². The van der Waals surface area contributed by atoms with Crippen LogP contribution in [0.15, 0.2) is 18.3 Å². The number of nitrogens with zero attached hydrogens (tertiary/aromatic N) is 3. The summed E-state index contributed by atoms with van der Waals surface area (Å²) in [6.07, 6.45) is 3.07. The lowest BCUT2D eigenvalue weighted by molar-refractivity contribution is -0.618. The second-order valence-electron chi connectivity index (χ2n) is 5.77. The molecule has 0 bridgehead atoms. The summed E-state index contributed by atoms with van der Waals surface area (Å²) in [6.45, 7) is 2.02. The fraction of sp³-hybridized carbons (Fsp3) is 0.467. The third-order valence-electron chi connectivity index (χ3n) is 3.79. The molecule has 0 radical (unpaired) electrons. The molecule has 7 heteroatoms. The third-order valence-corrected chi connectivity index (χ3v) is 3.79. The Kier molecular flexibility index (Phi) is 3.89. The number of aromatic nitrogens is 2. The van der Waals surface area contributed by atoms with Crippen LogP contribution < -0.4 is 19.5 Å². The highest BCUT2D eigenvalue weighted by atomic mass is 16.5. The van der Waals surface area contributed by atoms with Crippen LogP contribution in [0.5, 0.6) is 5.75 Å². The molecule has 0 amide bonds. The Morgan fingerprint density at radius 2 is 2.09 bits per heavy atom. The molecule has 0 aliphatic carbocycles. The zero-order valence-electron chi connectivity index (χ0n) is 12.8. The molecule has 0 fully saturated rings. The van der Waals surface area contributed by atoms with Crippen LogP contribution in [0.25, 0.3) is 11.0 Å². The van der Waals surface area contributed by atoms with Gasteiger partial charge in [0.25, 0.3) is 11.7 Å². The highest BCUT2D eigenvalue weighted by Crippen LogP contribution is 2.27. The van der Waals surface area contributed by atoms with E-state index in [1.807, 2.05) is 19.0 Å². The van der Waals surface area contributed by atoms with Gasteiger partial charge in [0.2, 0.25) is 5.52 Å². The van der Waals surface area contributed by atoms with Crippen LogP contribution in [0.1, 0.15) is 12.0 Å². The molecule has 0 unspecified atom stereocenters. The summed E-state index contributed by atoms with van der Waals surface area (Å²) < 4.78 is 7.07. The number of aryl methyl sites for hydroxylation is 1. The first-order chi connectivity index (χ1) is 10.6. The van der Waals surface area contributed by atoms with Crippen molar-refractivity contribution in [2.75, 3.05) is 39.1 Å². The molecule has 1 aliphatic heterocycles. The van der Waals surface area contributed by atoms with E-state index in [0.717, 1.165) is 34.4 Å². The average Bonchev–Trinajstić information content (AvgIpc) is 2.50. The fourth-order valence-electron chi connectivity index (χ4n) is 2.60. The zero-order chi connectivity index (χ0) is 15.7. The van der Waals surface area contributed by atoms with E-state index < -0.39 is 0 Å². The Morgan fingerprint density at radius 3 is 2.86 bits per heavy atom. The minimum absolute atomic E-state index is 0.265. The maximum absolute atomic E-state index is 12.5. The van der Waals surface area contributed by atoms with E-state index >= 15 is 0 Å². The van der Waals surface area contributed by atoms with Crippen molar-refractivity contribution in [3.8, 4) is 5.75 Å². The Balaban J connectivity index is 2.00. The molecule has 7 nitrogen and oxygen atoms in total. The molecule has 2 aromatic rings. The molecule has 0 saturated carbocycles. The minimum atomic E-state index is 0.265. The fourth-order valence-corrected chi connectivity index (χ4v) is 2.60. The van der Waals surface area contributed by atoms with Gasteiger partial charge in [-0.05, 0) is 38.6 Å². The van der Waals surface area contributed by atoms with Crippen LogP contribution in [0.2, 0.25) is 0 Å². The summed E-state index contributed by atoms with van der Waals surface area (Å²) in [7, 11) is 3.90. The topological polar surface area (TPSA) is 78.4 Å². The van der Waals surface area contributed by atoms with Crippen LogP contribution in [0.4, 0.5) is 5.82 Å². The first kappa shape index (κ1) is 14.6. The van der Waals surface area contributed by atoms with E-state index in [2.05, 4.69) is 5.32 Å². The number of likely N-dealkylation sites (N-methyl/N-ethyl adjacent to an activating group) is 1. The van der Waals surface area contributed by atoms with Crippen LogP contribution in [-0.4, -0.2) is 38.7 Å². The molecule has 2 heterocycles. The predicted octanol–water partition coefficient (Wildman–Crippen LogP) is 0.405. The summed E-state index contributed by atoms with van der Waals surface area (Å²) in [6, 6.07) is 3.43. The molecular formula is C15H20N4O3. The van der Waals surface area contributed by atoms with Gasteiger partial charge in [-0.1, -0.05) is 0 Å². The maximum Gasteiger partial charge on any atom is 0.344 e. The lowest BCUT2D eigenvalue weighted by atomic mass is 10.1. The molecule has 3 rings (SSSR count).